The molecule has 0 radical (unpaired) electrons. The van der Waals surface area contributed by atoms with E-state index in [4.69, 9.17) is 0 Å². The van der Waals surface area contributed by atoms with Crippen LogP contribution >= 0.6 is 0 Å². The molecule has 1 atom stereocenters. The first-order valence-electron chi connectivity index (χ1n) is 14.9. The van der Waals surface area contributed by atoms with Gasteiger partial charge in [0, 0.05) is 36.8 Å². The van der Waals surface area contributed by atoms with Crippen molar-refractivity contribution in [3.63, 3.8) is 0 Å². The largest absolute Gasteiger partial charge is 0.325 e. The van der Waals surface area contributed by atoms with Crippen molar-refractivity contribution in [3.8, 4) is 0 Å². The first-order valence-corrected chi connectivity index (χ1v) is 14.9. The smallest absolute Gasteiger partial charge is 0.293 e. The second-order valence-corrected chi connectivity index (χ2v) is 12.2. The van der Waals surface area contributed by atoms with E-state index in [2.05, 4.69) is 112 Å². The maximum absolute atomic E-state index is 12.7. The van der Waals surface area contributed by atoms with E-state index in [0.717, 1.165) is 38.0 Å². The minimum Gasteiger partial charge on any atom is -0.325 e. The third kappa shape index (κ3) is 6.13. The van der Waals surface area contributed by atoms with E-state index in [0.29, 0.717) is 0 Å². The van der Waals surface area contributed by atoms with Gasteiger partial charge in [-0.25, -0.2) is 0 Å². The lowest BCUT2D eigenvalue weighted by molar-refractivity contribution is -0.481. The van der Waals surface area contributed by atoms with Gasteiger partial charge < -0.3 is 5.32 Å². The normalized spacial score (nSPS) is 20.3. The summed E-state index contributed by atoms with van der Waals surface area (Å²) >= 11 is 0. The summed E-state index contributed by atoms with van der Waals surface area (Å²) in [5.74, 6) is -0.0256. The fourth-order valence-electron chi connectivity index (χ4n) is 6.28. The highest BCUT2D eigenvalue weighted by atomic mass is 16.2. The van der Waals surface area contributed by atoms with Crippen LogP contribution in [0.25, 0.3) is 5.57 Å². The molecule has 1 amide bonds. The summed E-state index contributed by atoms with van der Waals surface area (Å²) in [5.41, 5.74) is 11.5. The molecule has 2 heterocycles. The van der Waals surface area contributed by atoms with Crippen LogP contribution in [0.2, 0.25) is 0 Å². The molecule has 0 saturated carbocycles. The predicted octanol–water partition coefficient (Wildman–Crippen LogP) is 7.15. The van der Waals surface area contributed by atoms with Crippen molar-refractivity contribution in [2.24, 2.45) is 0 Å². The Hall–Kier alpha value is -3.76. The van der Waals surface area contributed by atoms with E-state index in [9.17, 15) is 4.79 Å². The number of carbonyl (C=O) groups excluding carboxylic acids is 1. The molecule has 1 fully saturated rings. The minimum atomic E-state index is -0.281. The van der Waals surface area contributed by atoms with Gasteiger partial charge >= 0.3 is 0 Å². The molecule has 1 saturated heterocycles. The fourth-order valence-corrected chi connectivity index (χ4v) is 6.28. The van der Waals surface area contributed by atoms with E-state index >= 15 is 0 Å². The van der Waals surface area contributed by atoms with Crippen molar-refractivity contribution < 1.29 is 9.37 Å². The average Bonchev–Trinajstić information content (AvgIpc) is 3.41. The molecule has 0 bridgehead atoms. The number of piperidine rings is 1. The Bertz CT molecular complexity index is 1480. The summed E-state index contributed by atoms with van der Waals surface area (Å²) in [7, 11) is 0. The third-order valence-corrected chi connectivity index (χ3v) is 9.27. The molecule has 1 N–H and O–H groups in total. The topological polar surface area (TPSA) is 35.4 Å². The van der Waals surface area contributed by atoms with Crippen LogP contribution in [0.15, 0.2) is 96.9 Å². The van der Waals surface area contributed by atoms with Crippen LogP contribution in [0.5, 0.6) is 0 Å². The zero-order valence-corrected chi connectivity index (χ0v) is 25.2. The molecule has 1 unspecified atom stereocenters. The van der Waals surface area contributed by atoms with Gasteiger partial charge in [-0.3, -0.25) is 9.69 Å². The zero-order valence-electron chi connectivity index (χ0n) is 25.2. The highest BCUT2D eigenvalue weighted by Gasteiger charge is 2.34. The van der Waals surface area contributed by atoms with E-state index in [-0.39, 0.29) is 17.5 Å². The van der Waals surface area contributed by atoms with Crippen LogP contribution < -0.4 is 5.32 Å². The first-order chi connectivity index (χ1) is 19.7. The van der Waals surface area contributed by atoms with Gasteiger partial charge in [0.1, 0.15) is 0 Å². The quantitative estimate of drug-likeness (QED) is 0.282. The van der Waals surface area contributed by atoms with Gasteiger partial charge in [0.15, 0.2) is 12.4 Å². The maximum Gasteiger partial charge on any atom is 0.293 e. The van der Waals surface area contributed by atoms with Crippen LogP contribution in [-0.2, 0) is 16.8 Å². The van der Waals surface area contributed by atoms with E-state index in [1.54, 1.807) is 11.8 Å². The number of nitrogens with one attached hydrogen (secondary N) is 1. The minimum absolute atomic E-state index is 0.0256. The maximum atomic E-state index is 12.7. The zero-order chi connectivity index (χ0) is 29.1. The Labute approximate surface area is 246 Å². The van der Waals surface area contributed by atoms with Gasteiger partial charge in [0.25, 0.3) is 5.91 Å². The van der Waals surface area contributed by atoms with Crippen molar-refractivity contribution in [1.29, 1.82) is 0 Å². The van der Waals surface area contributed by atoms with Gasteiger partial charge in [-0.15, -0.1) is 0 Å². The van der Waals surface area contributed by atoms with Gasteiger partial charge in [-0.05, 0) is 98.9 Å². The van der Waals surface area contributed by atoms with E-state index in [1.165, 1.54) is 51.8 Å². The molecule has 0 aromatic heterocycles. The van der Waals surface area contributed by atoms with Gasteiger partial charge in [-0.2, -0.15) is 4.58 Å². The standard InChI is InChI=1S/C37H43N3O/c1-7-39(35-20-15-27(3)38-36(35)41)22-21-30(34-14-10-11-26(2)28(34)4)23-29-16-18-33(19-17-29)37(5,6)40-24-31-12-8-9-13-32(31)25-40/h7-8,10-12,14,16-19,21-22,35H,1,3,9,13,15,20,23-25H2,2,4-6H3/p+1/b30-21-,39-22?. The SMILES string of the molecule is C=C[N+](=C/C=C(/Cc1ccc(C(C)(C)N2CC3=C(CCC=C3)C2)cc1)c1cccc(C)c1C)C1CCC(=C)NC1=O. The summed E-state index contributed by atoms with van der Waals surface area (Å²) in [4.78, 5) is 15.3. The molecule has 41 heavy (non-hydrogen) atoms. The Balaban J connectivity index is 1.40. The molecule has 2 aliphatic heterocycles. The van der Waals surface area contributed by atoms with Crippen LogP contribution in [0.3, 0.4) is 0 Å². The predicted molar refractivity (Wildman–Crippen MR) is 171 cm³/mol. The highest BCUT2D eigenvalue weighted by Crippen LogP contribution is 2.36. The lowest BCUT2D eigenvalue weighted by Gasteiger charge is -2.36. The molecule has 2 aromatic rings. The van der Waals surface area contributed by atoms with Crippen molar-refractivity contribution in [1.82, 2.24) is 10.2 Å². The van der Waals surface area contributed by atoms with Crippen LogP contribution in [0.1, 0.15) is 67.3 Å². The monoisotopic (exact) mass is 546 g/mol. The second-order valence-electron chi connectivity index (χ2n) is 12.2. The lowest BCUT2D eigenvalue weighted by Crippen LogP contribution is -2.44. The summed E-state index contributed by atoms with van der Waals surface area (Å²) in [5, 5.41) is 2.90. The molecular formula is C37H44N3O+. The van der Waals surface area contributed by atoms with Crippen LogP contribution in [0, 0.1) is 13.8 Å². The van der Waals surface area contributed by atoms with Crippen LogP contribution in [-0.4, -0.2) is 40.7 Å². The number of aryl methyl sites for hydroxylation is 1. The summed E-state index contributed by atoms with van der Waals surface area (Å²) in [6, 6.07) is 15.4. The van der Waals surface area contributed by atoms with Gasteiger partial charge in [0.05, 0.1) is 0 Å². The van der Waals surface area contributed by atoms with E-state index < -0.39 is 0 Å². The van der Waals surface area contributed by atoms with Crippen LogP contribution in [0.4, 0.5) is 0 Å². The lowest BCUT2D eigenvalue weighted by atomic mass is 9.89. The molecule has 0 spiro atoms. The molecule has 5 rings (SSSR count). The summed E-state index contributed by atoms with van der Waals surface area (Å²) in [6.45, 7) is 19.1. The fraction of sp³-hybridized carbons (Fsp3) is 0.351. The Morgan fingerprint density at radius 1 is 1.12 bits per heavy atom. The molecule has 212 valence electrons. The molecule has 1 aliphatic carbocycles. The Kier molecular flexibility index (Phi) is 8.42. The van der Waals surface area contributed by atoms with Crippen molar-refractivity contribution in [2.45, 2.75) is 71.4 Å². The highest BCUT2D eigenvalue weighted by molar-refractivity contribution is 5.87. The summed E-state index contributed by atoms with van der Waals surface area (Å²) in [6.07, 6.45) is 15.2. The van der Waals surface area contributed by atoms with Gasteiger partial charge in [0.2, 0.25) is 6.04 Å². The summed E-state index contributed by atoms with van der Waals surface area (Å²) < 4.78 is 1.93. The number of nitrogens with zero attached hydrogens (tertiary/aromatic N) is 2. The number of hydrogen-bond donors (Lipinski definition) is 1. The molecule has 4 nitrogen and oxygen atoms in total. The van der Waals surface area contributed by atoms with Crippen molar-refractivity contribution in [3.05, 3.63) is 125 Å². The molecule has 3 aliphatic rings. The van der Waals surface area contributed by atoms with E-state index in [1.807, 2.05) is 10.8 Å². The number of rotatable bonds is 8. The number of carbonyl (C=O) groups is 1. The molecular weight excluding hydrogens is 502 g/mol. The number of allylic oxidation sites excluding steroid dienone is 4. The molecule has 4 heteroatoms. The third-order valence-electron chi connectivity index (χ3n) is 9.27. The van der Waals surface area contributed by atoms with Crippen molar-refractivity contribution >= 4 is 17.7 Å². The molecule has 2 aromatic carbocycles. The number of benzene rings is 2. The number of amides is 1. The average molecular weight is 547 g/mol. The first kappa shape index (κ1) is 28.8. The Morgan fingerprint density at radius 2 is 1.90 bits per heavy atom. The van der Waals surface area contributed by atoms with Gasteiger partial charge in [-0.1, -0.05) is 66.8 Å². The van der Waals surface area contributed by atoms with Crippen molar-refractivity contribution in [2.75, 3.05) is 13.1 Å². The Morgan fingerprint density at radius 3 is 2.61 bits per heavy atom. The second kappa shape index (κ2) is 12.0. The number of hydrogen-bond acceptors (Lipinski definition) is 2.